The van der Waals surface area contributed by atoms with Crippen LogP contribution in [0.4, 0.5) is 0 Å². The van der Waals surface area contributed by atoms with Gasteiger partial charge in [-0.2, -0.15) is 0 Å². The van der Waals surface area contributed by atoms with Crippen molar-refractivity contribution < 1.29 is 0 Å². The summed E-state index contributed by atoms with van der Waals surface area (Å²) in [5, 5.41) is 0. The van der Waals surface area contributed by atoms with Gasteiger partial charge in [0.05, 0.1) is 5.88 Å². The molecule has 16 heavy (non-hydrogen) atoms. The fourth-order valence-corrected chi connectivity index (χ4v) is 2.35. The number of piperidine rings is 1. The minimum Gasteiger partial charge on any atom is -0.306 e. The summed E-state index contributed by atoms with van der Waals surface area (Å²) >= 11 is 5.80. The first-order valence-corrected chi connectivity index (χ1v) is 6.31. The van der Waals surface area contributed by atoms with Gasteiger partial charge in [-0.3, -0.25) is 0 Å². The highest BCUT2D eigenvalue weighted by molar-refractivity contribution is 6.16. The molecule has 0 amide bonds. The lowest BCUT2D eigenvalue weighted by molar-refractivity contribution is 0.253. The summed E-state index contributed by atoms with van der Waals surface area (Å²) in [6, 6.07) is 2.10. The molecule has 0 radical (unpaired) electrons. The van der Waals surface area contributed by atoms with E-state index in [1.807, 2.05) is 6.92 Å². The number of aromatic nitrogens is 2. The highest BCUT2D eigenvalue weighted by atomic mass is 35.5. The number of rotatable bonds is 2. The average molecular weight is 240 g/mol. The van der Waals surface area contributed by atoms with Crippen LogP contribution in [0.1, 0.15) is 36.0 Å². The number of hydrogen-bond donors (Lipinski definition) is 0. The number of aryl methyl sites for hydroxylation is 1. The predicted molar refractivity (Wildman–Crippen MR) is 65.8 cm³/mol. The monoisotopic (exact) mass is 239 g/mol. The molecule has 1 aliphatic heterocycles. The number of hydrogen-bond acceptors (Lipinski definition) is 3. The Bertz CT molecular complexity index is 359. The first-order valence-electron chi connectivity index (χ1n) is 5.78. The van der Waals surface area contributed by atoms with Gasteiger partial charge < -0.3 is 4.90 Å². The number of alkyl halides is 1. The SMILES string of the molecule is Cc1cc(C2CCN(C)CC2)nc(CCl)n1. The van der Waals surface area contributed by atoms with E-state index >= 15 is 0 Å². The molecule has 88 valence electrons. The Hall–Kier alpha value is -0.670. The van der Waals surface area contributed by atoms with E-state index in [1.54, 1.807) is 0 Å². The number of likely N-dealkylation sites (tertiary alicyclic amines) is 1. The molecule has 2 rings (SSSR count). The van der Waals surface area contributed by atoms with Crippen molar-refractivity contribution in [3.05, 3.63) is 23.3 Å². The van der Waals surface area contributed by atoms with E-state index in [0.717, 1.165) is 24.6 Å². The lowest BCUT2D eigenvalue weighted by Gasteiger charge is -2.28. The quantitative estimate of drug-likeness (QED) is 0.742. The molecule has 0 atom stereocenters. The van der Waals surface area contributed by atoms with Crippen LogP contribution in [0.2, 0.25) is 0 Å². The van der Waals surface area contributed by atoms with Gasteiger partial charge >= 0.3 is 0 Å². The van der Waals surface area contributed by atoms with E-state index < -0.39 is 0 Å². The fourth-order valence-electron chi connectivity index (χ4n) is 2.23. The van der Waals surface area contributed by atoms with Gasteiger partial charge in [-0.15, -0.1) is 11.6 Å². The van der Waals surface area contributed by atoms with Gasteiger partial charge in [-0.05, 0) is 46.0 Å². The van der Waals surface area contributed by atoms with Crippen LogP contribution in [-0.2, 0) is 5.88 Å². The topological polar surface area (TPSA) is 29.0 Å². The van der Waals surface area contributed by atoms with Crippen LogP contribution >= 0.6 is 11.6 Å². The van der Waals surface area contributed by atoms with Crippen LogP contribution in [0.25, 0.3) is 0 Å². The maximum atomic E-state index is 5.80. The van der Waals surface area contributed by atoms with Crippen molar-refractivity contribution in [2.75, 3.05) is 20.1 Å². The molecular formula is C12H18ClN3. The number of nitrogens with zero attached hydrogens (tertiary/aromatic N) is 3. The standard InChI is InChI=1S/C12H18ClN3/c1-9-7-11(15-12(8-13)14-9)10-3-5-16(2)6-4-10/h7,10H,3-6,8H2,1-2H3. The lowest BCUT2D eigenvalue weighted by Crippen LogP contribution is -2.29. The molecule has 0 bridgehead atoms. The van der Waals surface area contributed by atoms with Gasteiger partial charge in [-0.1, -0.05) is 0 Å². The highest BCUT2D eigenvalue weighted by Gasteiger charge is 2.20. The lowest BCUT2D eigenvalue weighted by atomic mass is 9.93. The van der Waals surface area contributed by atoms with Crippen molar-refractivity contribution in [2.45, 2.75) is 31.6 Å². The van der Waals surface area contributed by atoms with Crippen molar-refractivity contribution in [3.8, 4) is 0 Å². The summed E-state index contributed by atoms with van der Waals surface area (Å²) in [5.41, 5.74) is 2.20. The molecule has 1 aliphatic rings. The third-order valence-electron chi connectivity index (χ3n) is 3.18. The van der Waals surface area contributed by atoms with E-state index in [0.29, 0.717) is 11.8 Å². The van der Waals surface area contributed by atoms with Crippen LogP contribution in [0.5, 0.6) is 0 Å². The minimum absolute atomic E-state index is 0.404. The van der Waals surface area contributed by atoms with Crippen LogP contribution < -0.4 is 0 Å². The van der Waals surface area contributed by atoms with Gasteiger partial charge in [0.15, 0.2) is 0 Å². The summed E-state index contributed by atoms with van der Waals surface area (Å²) in [4.78, 5) is 11.2. The van der Waals surface area contributed by atoms with E-state index in [-0.39, 0.29) is 0 Å². The molecule has 0 spiro atoms. The van der Waals surface area contributed by atoms with E-state index in [2.05, 4.69) is 28.0 Å². The molecule has 4 heteroatoms. The van der Waals surface area contributed by atoms with E-state index in [4.69, 9.17) is 11.6 Å². The van der Waals surface area contributed by atoms with Crippen molar-refractivity contribution in [2.24, 2.45) is 0 Å². The second kappa shape index (κ2) is 5.11. The van der Waals surface area contributed by atoms with Gasteiger partial charge in [0.25, 0.3) is 0 Å². The Morgan fingerprint density at radius 3 is 2.69 bits per heavy atom. The first kappa shape index (κ1) is 11.8. The normalized spacial score (nSPS) is 18.9. The third kappa shape index (κ3) is 2.71. The fraction of sp³-hybridized carbons (Fsp3) is 0.667. The summed E-state index contributed by atoms with van der Waals surface area (Å²) < 4.78 is 0. The predicted octanol–water partition coefficient (Wildman–Crippen LogP) is 2.33. The van der Waals surface area contributed by atoms with Crippen LogP contribution in [-0.4, -0.2) is 35.0 Å². The summed E-state index contributed by atoms with van der Waals surface area (Å²) in [7, 11) is 2.17. The molecule has 3 nitrogen and oxygen atoms in total. The first-order chi connectivity index (χ1) is 7.69. The molecule has 0 saturated carbocycles. The molecule has 1 aromatic rings. The largest absolute Gasteiger partial charge is 0.306 e. The second-order valence-electron chi connectivity index (χ2n) is 4.56. The maximum Gasteiger partial charge on any atom is 0.143 e. The smallest absolute Gasteiger partial charge is 0.143 e. The number of halogens is 1. The Kier molecular flexibility index (Phi) is 3.77. The van der Waals surface area contributed by atoms with Crippen LogP contribution in [0.3, 0.4) is 0 Å². The Balaban J connectivity index is 2.16. The second-order valence-corrected chi connectivity index (χ2v) is 4.83. The van der Waals surface area contributed by atoms with Crippen molar-refractivity contribution in [1.82, 2.24) is 14.9 Å². The molecule has 0 unspecified atom stereocenters. The molecule has 0 N–H and O–H groups in total. The zero-order valence-corrected chi connectivity index (χ0v) is 10.7. The van der Waals surface area contributed by atoms with Crippen molar-refractivity contribution >= 4 is 11.6 Å². The van der Waals surface area contributed by atoms with Gasteiger partial charge in [0, 0.05) is 17.3 Å². The van der Waals surface area contributed by atoms with Gasteiger partial charge in [-0.25, -0.2) is 9.97 Å². The zero-order valence-electron chi connectivity index (χ0n) is 9.91. The molecule has 0 aliphatic carbocycles. The van der Waals surface area contributed by atoms with E-state index in [1.165, 1.54) is 18.5 Å². The molecular weight excluding hydrogens is 222 g/mol. The van der Waals surface area contributed by atoms with Gasteiger partial charge in [0.1, 0.15) is 5.82 Å². The molecule has 1 aromatic heterocycles. The van der Waals surface area contributed by atoms with Gasteiger partial charge in [0.2, 0.25) is 0 Å². The van der Waals surface area contributed by atoms with Crippen molar-refractivity contribution in [3.63, 3.8) is 0 Å². The Morgan fingerprint density at radius 1 is 1.38 bits per heavy atom. The Morgan fingerprint density at radius 2 is 2.06 bits per heavy atom. The third-order valence-corrected chi connectivity index (χ3v) is 3.42. The van der Waals surface area contributed by atoms with E-state index in [9.17, 15) is 0 Å². The van der Waals surface area contributed by atoms with Crippen LogP contribution in [0, 0.1) is 6.92 Å². The summed E-state index contributed by atoms with van der Waals surface area (Å²) in [6.45, 7) is 4.32. The summed E-state index contributed by atoms with van der Waals surface area (Å²) in [6.07, 6.45) is 2.38. The van der Waals surface area contributed by atoms with Crippen molar-refractivity contribution in [1.29, 1.82) is 0 Å². The molecule has 0 aromatic carbocycles. The zero-order chi connectivity index (χ0) is 11.5. The molecule has 1 fully saturated rings. The summed E-state index contributed by atoms with van der Waals surface area (Å²) in [5.74, 6) is 1.75. The molecule has 1 saturated heterocycles. The van der Waals surface area contributed by atoms with Crippen LogP contribution in [0.15, 0.2) is 6.07 Å². The minimum atomic E-state index is 0.404. The Labute approximate surface area is 102 Å². The highest BCUT2D eigenvalue weighted by Crippen LogP contribution is 2.26. The average Bonchev–Trinajstić information content (AvgIpc) is 2.29. The molecule has 2 heterocycles. The maximum absolute atomic E-state index is 5.80.